The first-order valence-corrected chi connectivity index (χ1v) is 11.2. The van der Waals surface area contributed by atoms with E-state index >= 15 is 0 Å². The SMILES string of the molecule is CCCCCCCCCCCC/C=C/CC/C(Br)=C/CCCC(=O)O. The highest BCUT2D eigenvalue weighted by molar-refractivity contribution is 9.11. The number of hydrogen-bond donors (Lipinski definition) is 1. The Hall–Kier alpha value is -0.570. The van der Waals surface area contributed by atoms with E-state index in [9.17, 15) is 4.79 Å². The second kappa shape index (κ2) is 19.8. The van der Waals surface area contributed by atoms with Crippen molar-refractivity contribution in [2.24, 2.45) is 0 Å². The topological polar surface area (TPSA) is 37.3 Å². The average molecular weight is 415 g/mol. The van der Waals surface area contributed by atoms with Gasteiger partial charge in [0.1, 0.15) is 0 Å². The van der Waals surface area contributed by atoms with E-state index in [1.165, 1.54) is 75.1 Å². The first-order valence-electron chi connectivity index (χ1n) is 10.4. The lowest BCUT2D eigenvalue weighted by Gasteiger charge is -2.01. The Morgan fingerprint density at radius 1 is 0.760 bits per heavy atom. The van der Waals surface area contributed by atoms with Crippen LogP contribution < -0.4 is 0 Å². The van der Waals surface area contributed by atoms with Gasteiger partial charge in [0, 0.05) is 6.42 Å². The molecule has 0 aromatic carbocycles. The molecule has 0 heterocycles. The normalized spacial score (nSPS) is 12.2. The summed E-state index contributed by atoms with van der Waals surface area (Å²) in [7, 11) is 0. The standard InChI is InChI=1S/C22H39BrO2/c1-2-3-4-5-6-7-8-9-10-11-12-13-14-15-18-21(23)19-16-17-20-22(24)25/h13-14,19H,2-12,15-18,20H2,1H3,(H,24,25)/b14-13+,21-19-. The summed E-state index contributed by atoms with van der Waals surface area (Å²) in [6.07, 6.45) is 25.8. The molecule has 0 saturated carbocycles. The van der Waals surface area contributed by atoms with E-state index in [2.05, 4.69) is 41.1 Å². The van der Waals surface area contributed by atoms with Crippen LogP contribution in [0, 0.1) is 0 Å². The monoisotopic (exact) mass is 414 g/mol. The van der Waals surface area contributed by atoms with Crippen molar-refractivity contribution in [1.82, 2.24) is 0 Å². The highest BCUT2D eigenvalue weighted by Gasteiger charge is 1.96. The number of carboxylic acid groups (broad SMARTS) is 1. The van der Waals surface area contributed by atoms with Crippen LogP contribution in [0.4, 0.5) is 0 Å². The van der Waals surface area contributed by atoms with Crippen molar-refractivity contribution in [3.63, 3.8) is 0 Å². The number of allylic oxidation sites excluding steroid dienone is 4. The Labute approximate surface area is 164 Å². The van der Waals surface area contributed by atoms with Gasteiger partial charge >= 0.3 is 5.97 Å². The van der Waals surface area contributed by atoms with Crippen molar-refractivity contribution in [2.75, 3.05) is 0 Å². The first kappa shape index (κ1) is 24.4. The number of hydrogen-bond acceptors (Lipinski definition) is 1. The van der Waals surface area contributed by atoms with E-state index < -0.39 is 5.97 Å². The molecule has 0 aliphatic rings. The van der Waals surface area contributed by atoms with Crippen LogP contribution in [0.3, 0.4) is 0 Å². The zero-order chi connectivity index (χ0) is 18.6. The number of aliphatic carboxylic acids is 1. The van der Waals surface area contributed by atoms with Gasteiger partial charge in [0.25, 0.3) is 0 Å². The fourth-order valence-electron chi connectivity index (χ4n) is 2.82. The van der Waals surface area contributed by atoms with Gasteiger partial charge in [-0.1, -0.05) is 98.9 Å². The Morgan fingerprint density at radius 3 is 1.92 bits per heavy atom. The molecule has 25 heavy (non-hydrogen) atoms. The Bertz CT molecular complexity index is 361. The van der Waals surface area contributed by atoms with E-state index in [0.717, 1.165) is 25.7 Å². The second-order valence-electron chi connectivity index (χ2n) is 6.92. The van der Waals surface area contributed by atoms with Crippen LogP contribution in [0.15, 0.2) is 22.7 Å². The molecule has 0 radical (unpaired) electrons. The number of carbonyl (C=O) groups is 1. The molecule has 0 unspecified atom stereocenters. The van der Waals surface area contributed by atoms with Crippen molar-refractivity contribution in [3.05, 3.63) is 22.7 Å². The third-order valence-electron chi connectivity index (χ3n) is 4.40. The molecule has 0 bridgehead atoms. The van der Waals surface area contributed by atoms with Gasteiger partial charge < -0.3 is 5.11 Å². The van der Waals surface area contributed by atoms with E-state index in [1.54, 1.807) is 0 Å². The molecule has 0 saturated heterocycles. The lowest BCUT2D eigenvalue weighted by atomic mass is 10.1. The molecule has 0 spiro atoms. The highest BCUT2D eigenvalue weighted by Crippen LogP contribution is 2.16. The molecular weight excluding hydrogens is 376 g/mol. The minimum absolute atomic E-state index is 0.259. The molecule has 0 aliphatic carbocycles. The lowest BCUT2D eigenvalue weighted by Crippen LogP contribution is -1.92. The molecule has 1 N–H and O–H groups in total. The van der Waals surface area contributed by atoms with Crippen molar-refractivity contribution >= 4 is 21.9 Å². The first-order chi connectivity index (χ1) is 12.2. The highest BCUT2D eigenvalue weighted by atomic mass is 79.9. The molecule has 0 atom stereocenters. The van der Waals surface area contributed by atoms with Gasteiger partial charge in [-0.05, 0) is 43.0 Å². The lowest BCUT2D eigenvalue weighted by molar-refractivity contribution is -0.137. The van der Waals surface area contributed by atoms with Gasteiger partial charge in [-0.25, -0.2) is 0 Å². The summed E-state index contributed by atoms with van der Waals surface area (Å²) in [5.41, 5.74) is 0. The summed E-state index contributed by atoms with van der Waals surface area (Å²) in [5, 5.41) is 8.58. The Kier molecular flexibility index (Phi) is 19.3. The average Bonchev–Trinajstić information content (AvgIpc) is 2.59. The van der Waals surface area contributed by atoms with E-state index in [0.29, 0.717) is 0 Å². The van der Waals surface area contributed by atoms with Crippen LogP contribution in [0.25, 0.3) is 0 Å². The number of unbranched alkanes of at least 4 members (excludes halogenated alkanes) is 11. The fraction of sp³-hybridized carbons (Fsp3) is 0.773. The van der Waals surface area contributed by atoms with Crippen molar-refractivity contribution < 1.29 is 9.90 Å². The molecule has 0 aromatic heterocycles. The molecule has 0 rings (SSSR count). The number of carboxylic acids is 1. The Morgan fingerprint density at radius 2 is 1.32 bits per heavy atom. The molecule has 3 heteroatoms. The van der Waals surface area contributed by atoms with E-state index in [4.69, 9.17) is 5.11 Å². The van der Waals surface area contributed by atoms with Gasteiger partial charge in [-0.3, -0.25) is 4.79 Å². The predicted octanol–water partition coefficient (Wildman–Crippen LogP) is 8.17. The van der Waals surface area contributed by atoms with Crippen LogP contribution in [0.2, 0.25) is 0 Å². The minimum Gasteiger partial charge on any atom is -0.481 e. The summed E-state index contributed by atoms with van der Waals surface area (Å²) in [6.45, 7) is 2.27. The molecule has 2 nitrogen and oxygen atoms in total. The summed E-state index contributed by atoms with van der Waals surface area (Å²) in [6, 6.07) is 0. The maximum atomic E-state index is 10.4. The fourth-order valence-corrected chi connectivity index (χ4v) is 3.28. The Balaban J connectivity index is 3.32. The van der Waals surface area contributed by atoms with Crippen LogP contribution in [-0.2, 0) is 4.79 Å². The van der Waals surface area contributed by atoms with E-state index in [-0.39, 0.29) is 6.42 Å². The molecule has 0 fully saturated rings. The third kappa shape index (κ3) is 21.4. The summed E-state index contributed by atoms with van der Waals surface area (Å²) >= 11 is 3.56. The van der Waals surface area contributed by atoms with Crippen molar-refractivity contribution in [1.29, 1.82) is 0 Å². The van der Waals surface area contributed by atoms with Crippen molar-refractivity contribution in [3.8, 4) is 0 Å². The van der Waals surface area contributed by atoms with Gasteiger partial charge in [-0.15, -0.1) is 0 Å². The minimum atomic E-state index is -0.709. The van der Waals surface area contributed by atoms with Gasteiger partial charge in [0.15, 0.2) is 0 Å². The van der Waals surface area contributed by atoms with Crippen LogP contribution in [-0.4, -0.2) is 11.1 Å². The smallest absolute Gasteiger partial charge is 0.303 e. The summed E-state index contributed by atoms with van der Waals surface area (Å²) in [5.74, 6) is -0.709. The molecule has 0 amide bonds. The maximum absolute atomic E-state index is 10.4. The van der Waals surface area contributed by atoms with Crippen molar-refractivity contribution in [2.45, 2.75) is 110 Å². The molecule has 146 valence electrons. The molecule has 0 aromatic rings. The van der Waals surface area contributed by atoms with Gasteiger partial charge in [0.05, 0.1) is 0 Å². The summed E-state index contributed by atoms with van der Waals surface area (Å²) < 4.78 is 1.20. The number of rotatable bonds is 18. The number of halogens is 1. The van der Waals surface area contributed by atoms with Crippen LogP contribution >= 0.6 is 15.9 Å². The predicted molar refractivity (Wildman–Crippen MR) is 113 cm³/mol. The molecule has 0 aliphatic heterocycles. The van der Waals surface area contributed by atoms with Crippen LogP contribution in [0.1, 0.15) is 110 Å². The van der Waals surface area contributed by atoms with Gasteiger partial charge in [0.2, 0.25) is 0 Å². The third-order valence-corrected chi connectivity index (χ3v) is 5.12. The zero-order valence-corrected chi connectivity index (χ0v) is 17.9. The van der Waals surface area contributed by atoms with E-state index in [1.807, 2.05) is 0 Å². The molecular formula is C22H39BrO2. The maximum Gasteiger partial charge on any atom is 0.303 e. The largest absolute Gasteiger partial charge is 0.481 e. The zero-order valence-electron chi connectivity index (χ0n) is 16.3. The quantitative estimate of drug-likeness (QED) is 0.181. The second-order valence-corrected chi connectivity index (χ2v) is 7.94. The van der Waals surface area contributed by atoms with Crippen LogP contribution in [0.5, 0.6) is 0 Å². The van der Waals surface area contributed by atoms with Gasteiger partial charge in [-0.2, -0.15) is 0 Å². The summed E-state index contributed by atoms with van der Waals surface area (Å²) in [4.78, 5) is 10.4.